The van der Waals surface area contributed by atoms with Crippen LogP contribution in [-0.2, 0) is 9.59 Å². The molecule has 1 aromatic carbocycles. The minimum atomic E-state index is -1.82. The van der Waals surface area contributed by atoms with Crippen LogP contribution in [-0.4, -0.2) is 68.2 Å². The largest absolute Gasteiger partial charge is 0.473 e. The maximum atomic E-state index is 12.7. The van der Waals surface area contributed by atoms with Gasteiger partial charge in [0.2, 0.25) is 0 Å². The number of aliphatic hydroxyl groups is 1. The molecule has 30 heavy (non-hydrogen) atoms. The summed E-state index contributed by atoms with van der Waals surface area (Å²) in [5.41, 5.74) is 1.49. The van der Waals surface area contributed by atoms with Crippen molar-refractivity contribution in [3.8, 4) is 0 Å². The molecule has 1 aromatic heterocycles. The zero-order valence-electron chi connectivity index (χ0n) is 17.0. The zero-order valence-corrected chi connectivity index (χ0v) is 17.0. The third-order valence-corrected chi connectivity index (χ3v) is 4.77. The second-order valence-electron chi connectivity index (χ2n) is 7.39. The highest BCUT2D eigenvalue weighted by atomic mass is 16.4. The summed E-state index contributed by atoms with van der Waals surface area (Å²) in [7, 11) is 0. The van der Waals surface area contributed by atoms with Gasteiger partial charge in [-0.3, -0.25) is 9.48 Å². The second-order valence-corrected chi connectivity index (χ2v) is 7.39. The Bertz CT molecular complexity index is 883. The van der Waals surface area contributed by atoms with Gasteiger partial charge in [-0.1, -0.05) is 18.2 Å². The van der Waals surface area contributed by atoms with Crippen molar-refractivity contribution in [3.05, 3.63) is 30.0 Å². The third kappa shape index (κ3) is 6.01. The lowest BCUT2D eigenvalue weighted by molar-refractivity contribution is -0.159. The first-order valence-electron chi connectivity index (χ1n) is 9.83. The molecule has 3 rings (SSSR count). The van der Waals surface area contributed by atoms with Crippen LogP contribution < -0.4 is 10.6 Å². The molecular formula is C20H28N4O6. The summed E-state index contributed by atoms with van der Waals surface area (Å²) in [5.74, 6) is -3.76. The molecule has 1 aliphatic heterocycles. The second kappa shape index (κ2) is 10.7. The van der Waals surface area contributed by atoms with Crippen LogP contribution in [0, 0.1) is 0 Å². The van der Waals surface area contributed by atoms with Crippen LogP contribution in [0.4, 0.5) is 0 Å². The number of amides is 1. The zero-order chi connectivity index (χ0) is 22.3. The number of carbonyl (C=O) groups is 3. The Kier molecular flexibility index (Phi) is 8.31. The molecule has 1 amide bonds. The van der Waals surface area contributed by atoms with E-state index >= 15 is 0 Å². The summed E-state index contributed by atoms with van der Waals surface area (Å²) >= 11 is 0. The van der Waals surface area contributed by atoms with Gasteiger partial charge in [-0.15, -0.1) is 0 Å². The predicted molar refractivity (Wildman–Crippen MR) is 109 cm³/mol. The molecule has 0 bridgehead atoms. The van der Waals surface area contributed by atoms with E-state index in [-0.39, 0.29) is 24.6 Å². The lowest BCUT2D eigenvalue weighted by atomic mass is 10.1. The molecule has 0 unspecified atom stereocenters. The number of hydrogen-bond acceptors (Lipinski definition) is 6. The first-order valence-corrected chi connectivity index (χ1v) is 9.83. The number of hydrogen-bond donors (Lipinski definition) is 5. The number of carbonyl (C=O) groups excluding carboxylic acids is 1. The molecule has 10 nitrogen and oxygen atoms in total. The van der Waals surface area contributed by atoms with Crippen molar-refractivity contribution in [3.63, 3.8) is 0 Å². The first kappa shape index (κ1) is 23.3. The topological polar surface area (TPSA) is 154 Å². The number of carboxylic acids is 2. The average Bonchev–Trinajstić information content (AvgIpc) is 3.31. The number of benzene rings is 1. The number of nitrogens with one attached hydrogen (secondary N) is 2. The first-order chi connectivity index (χ1) is 14.2. The Morgan fingerprint density at radius 1 is 1.23 bits per heavy atom. The van der Waals surface area contributed by atoms with Gasteiger partial charge in [0, 0.05) is 36.7 Å². The van der Waals surface area contributed by atoms with Gasteiger partial charge < -0.3 is 26.0 Å². The maximum Gasteiger partial charge on any atom is 0.414 e. The van der Waals surface area contributed by atoms with Gasteiger partial charge >= 0.3 is 11.9 Å². The fourth-order valence-corrected chi connectivity index (χ4v) is 3.39. The van der Waals surface area contributed by atoms with Crippen LogP contribution >= 0.6 is 0 Å². The van der Waals surface area contributed by atoms with Crippen molar-refractivity contribution in [1.82, 2.24) is 20.4 Å². The van der Waals surface area contributed by atoms with E-state index in [2.05, 4.69) is 29.6 Å². The highest BCUT2D eigenvalue weighted by molar-refractivity contribution is 6.27. The van der Waals surface area contributed by atoms with E-state index in [4.69, 9.17) is 24.9 Å². The summed E-state index contributed by atoms with van der Waals surface area (Å²) < 4.78 is 1.90. The lowest BCUT2D eigenvalue weighted by Gasteiger charge is -2.11. The van der Waals surface area contributed by atoms with Gasteiger partial charge in [-0.2, -0.15) is 5.10 Å². The summed E-state index contributed by atoms with van der Waals surface area (Å²) in [5, 5.41) is 35.7. The number of aliphatic carboxylic acids is 2. The van der Waals surface area contributed by atoms with Gasteiger partial charge in [0.1, 0.15) is 0 Å². The van der Waals surface area contributed by atoms with E-state index in [9.17, 15) is 4.79 Å². The molecule has 0 aliphatic carbocycles. The molecule has 0 radical (unpaired) electrons. The van der Waals surface area contributed by atoms with Gasteiger partial charge in [0.05, 0.1) is 5.52 Å². The molecule has 0 saturated carbocycles. The minimum Gasteiger partial charge on any atom is -0.473 e. The number of nitrogens with zero attached hydrogens (tertiary/aromatic N) is 2. The van der Waals surface area contributed by atoms with E-state index in [1.54, 1.807) is 0 Å². The van der Waals surface area contributed by atoms with Crippen LogP contribution in [0.3, 0.4) is 0 Å². The van der Waals surface area contributed by atoms with E-state index in [0.717, 1.165) is 36.7 Å². The Morgan fingerprint density at radius 2 is 1.90 bits per heavy atom. The Hall–Kier alpha value is -2.98. The molecule has 2 atom stereocenters. The third-order valence-electron chi connectivity index (χ3n) is 4.77. The van der Waals surface area contributed by atoms with Crippen molar-refractivity contribution in [1.29, 1.82) is 0 Å². The van der Waals surface area contributed by atoms with Gasteiger partial charge in [-0.25, -0.2) is 9.59 Å². The standard InChI is InChI=1S/C18H26N4O2.C2H2O4/c1-12(2)22-16-8-4-3-7-15(16)17(21-22)18(24)20-14-10-13(19-11-14)6-5-9-23;3-1(4)2(5)6/h3-4,7-8,12-14,19,23H,5-6,9-11H2,1-2H3,(H,20,24);(H,3,4)(H,5,6)/t13-,14+;/m1./s1. The maximum absolute atomic E-state index is 12.7. The fourth-order valence-electron chi connectivity index (χ4n) is 3.39. The van der Waals surface area contributed by atoms with E-state index in [0.29, 0.717) is 11.7 Å². The molecule has 1 saturated heterocycles. The van der Waals surface area contributed by atoms with Crippen molar-refractivity contribution in [2.45, 2.75) is 51.2 Å². The normalized spacial score (nSPS) is 18.1. The van der Waals surface area contributed by atoms with E-state index in [1.807, 2.05) is 28.9 Å². The summed E-state index contributed by atoms with van der Waals surface area (Å²) in [6, 6.07) is 8.54. The Morgan fingerprint density at radius 3 is 2.50 bits per heavy atom. The van der Waals surface area contributed by atoms with Crippen LogP contribution in [0.2, 0.25) is 0 Å². The number of para-hydroxylation sites is 1. The number of rotatable bonds is 6. The Balaban J connectivity index is 0.000000469. The van der Waals surface area contributed by atoms with E-state index < -0.39 is 11.9 Å². The summed E-state index contributed by atoms with van der Waals surface area (Å²) in [6.45, 7) is 5.11. The van der Waals surface area contributed by atoms with Crippen LogP contribution in [0.5, 0.6) is 0 Å². The highest BCUT2D eigenvalue weighted by Gasteiger charge is 2.27. The summed E-state index contributed by atoms with van der Waals surface area (Å²) in [6.07, 6.45) is 2.63. The van der Waals surface area contributed by atoms with Crippen molar-refractivity contribution in [2.75, 3.05) is 13.2 Å². The van der Waals surface area contributed by atoms with E-state index in [1.165, 1.54) is 0 Å². The van der Waals surface area contributed by atoms with Crippen molar-refractivity contribution in [2.24, 2.45) is 0 Å². The molecule has 1 aliphatic rings. The SMILES string of the molecule is CC(C)n1nc(C(=O)N[C@@H]2CN[C@H](CCCO)C2)c2ccccc21.O=C(O)C(=O)O. The monoisotopic (exact) mass is 420 g/mol. The molecule has 2 heterocycles. The smallest absolute Gasteiger partial charge is 0.414 e. The molecule has 0 spiro atoms. The lowest BCUT2D eigenvalue weighted by Crippen LogP contribution is -2.36. The summed E-state index contributed by atoms with van der Waals surface area (Å²) in [4.78, 5) is 30.9. The highest BCUT2D eigenvalue weighted by Crippen LogP contribution is 2.22. The quantitative estimate of drug-likeness (QED) is 0.434. The number of aromatic nitrogens is 2. The molecule has 164 valence electrons. The predicted octanol–water partition coefficient (Wildman–Crippen LogP) is 1.01. The molecule has 1 fully saturated rings. The van der Waals surface area contributed by atoms with Gasteiger partial charge in [0.15, 0.2) is 5.69 Å². The van der Waals surface area contributed by atoms with Gasteiger partial charge in [0.25, 0.3) is 5.91 Å². The molecule has 10 heteroatoms. The fraction of sp³-hybridized carbons (Fsp3) is 0.500. The van der Waals surface area contributed by atoms with Crippen LogP contribution in [0.25, 0.3) is 10.9 Å². The number of aliphatic hydroxyl groups excluding tert-OH is 1. The van der Waals surface area contributed by atoms with Gasteiger partial charge in [-0.05, 0) is 39.2 Å². The van der Waals surface area contributed by atoms with Crippen molar-refractivity contribution >= 4 is 28.7 Å². The molecule has 2 aromatic rings. The van der Waals surface area contributed by atoms with Crippen LogP contribution in [0.1, 0.15) is 49.6 Å². The number of carboxylic acid groups (broad SMARTS) is 2. The molecule has 5 N–H and O–H groups in total. The Labute approximate surface area is 173 Å². The number of fused-ring (bicyclic) bond motifs is 1. The molecular weight excluding hydrogens is 392 g/mol. The average molecular weight is 420 g/mol. The minimum absolute atomic E-state index is 0.111. The van der Waals surface area contributed by atoms with Crippen molar-refractivity contribution < 1.29 is 29.7 Å². The van der Waals surface area contributed by atoms with Crippen LogP contribution in [0.15, 0.2) is 24.3 Å².